The summed E-state index contributed by atoms with van der Waals surface area (Å²) in [5, 5.41) is 13.8. The van der Waals surface area contributed by atoms with Crippen LogP contribution in [0.2, 0.25) is 0 Å². The monoisotopic (exact) mass is 195 g/mol. The third-order valence-corrected chi connectivity index (χ3v) is 3.28. The molecule has 2 rings (SSSR count). The predicted molar refractivity (Wildman–Crippen MR) is 56.2 cm³/mol. The quantitative estimate of drug-likeness (QED) is 0.498. The molecule has 0 amide bonds. The molecule has 0 radical (unpaired) electrons. The van der Waals surface area contributed by atoms with E-state index in [0.29, 0.717) is 6.54 Å². The zero-order valence-corrected chi connectivity index (χ0v) is 8.51. The summed E-state index contributed by atoms with van der Waals surface area (Å²) in [6.45, 7) is 1.34. The Labute approximate surface area is 82.3 Å². The Morgan fingerprint density at radius 1 is 1.54 bits per heavy atom. The lowest BCUT2D eigenvalue weighted by atomic mass is 10.1. The van der Waals surface area contributed by atoms with Crippen LogP contribution < -0.4 is 0 Å². The molecule has 1 aliphatic rings. The van der Waals surface area contributed by atoms with Crippen molar-refractivity contribution in [3.8, 4) is 0 Å². The second-order valence-corrected chi connectivity index (χ2v) is 4.62. The number of quaternary nitrogens is 1. The van der Waals surface area contributed by atoms with Gasteiger partial charge in [-0.3, -0.25) is 0 Å². The summed E-state index contributed by atoms with van der Waals surface area (Å²) in [6.07, 6.45) is 3.11. The van der Waals surface area contributed by atoms with E-state index in [0.717, 1.165) is 13.0 Å². The van der Waals surface area contributed by atoms with Gasteiger partial charge in [0, 0.05) is 16.9 Å². The normalized spacial score (nSPS) is 28.6. The van der Waals surface area contributed by atoms with Crippen LogP contribution >= 0.6 is 11.3 Å². The fourth-order valence-electron chi connectivity index (χ4n) is 1.66. The third-order valence-electron chi connectivity index (χ3n) is 2.34. The number of rotatable bonds is 1. The van der Waals surface area contributed by atoms with Crippen LogP contribution in [0.3, 0.4) is 0 Å². The van der Waals surface area contributed by atoms with Crippen LogP contribution in [0.5, 0.6) is 0 Å². The molecule has 0 aromatic carbocycles. The number of likely N-dealkylation sites (N-methyl/N-ethyl adjacent to an activating group) is 1. The van der Waals surface area contributed by atoms with E-state index in [1.165, 1.54) is 10.5 Å². The molecule has 1 aromatic heterocycles. The van der Waals surface area contributed by atoms with Gasteiger partial charge in [0.2, 0.25) is 0 Å². The van der Waals surface area contributed by atoms with Crippen LogP contribution in [0.4, 0.5) is 0 Å². The Bertz CT molecular complexity index is 314. The van der Waals surface area contributed by atoms with Crippen molar-refractivity contribution in [2.24, 2.45) is 0 Å². The average Bonchev–Trinajstić information content (AvgIpc) is 2.53. The van der Waals surface area contributed by atoms with E-state index >= 15 is 0 Å². The maximum atomic E-state index is 11.7. The van der Waals surface area contributed by atoms with E-state index in [2.05, 4.69) is 17.5 Å². The molecule has 0 aliphatic carbocycles. The minimum atomic E-state index is -0.121. The number of thiophene rings is 1. The highest BCUT2D eigenvalue weighted by Gasteiger charge is 2.18. The lowest BCUT2D eigenvalue weighted by molar-refractivity contribution is -0.853. The molecule has 0 saturated heterocycles. The fraction of sp³-hybridized carbons (Fsp3) is 0.400. The van der Waals surface area contributed by atoms with Crippen LogP contribution in [-0.4, -0.2) is 24.8 Å². The van der Waals surface area contributed by atoms with Crippen molar-refractivity contribution >= 4 is 16.9 Å². The van der Waals surface area contributed by atoms with E-state index in [-0.39, 0.29) is 4.65 Å². The molecule has 2 heterocycles. The summed E-state index contributed by atoms with van der Waals surface area (Å²) < 4.78 is -0.121. The molecule has 0 spiro atoms. The molecule has 70 valence electrons. The van der Waals surface area contributed by atoms with Gasteiger partial charge in [-0.05, 0) is 11.4 Å². The zero-order valence-electron chi connectivity index (χ0n) is 7.69. The van der Waals surface area contributed by atoms with Crippen molar-refractivity contribution < 1.29 is 4.65 Å². The highest BCUT2D eigenvalue weighted by molar-refractivity contribution is 7.11. The molecule has 1 aliphatic heterocycles. The Morgan fingerprint density at radius 2 is 2.38 bits per heavy atom. The second-order valence-electron chi connectivity index (χ2n) is 3.67. The number of hydrogen-bond donors (Lipinski definition) is 0. The highest BCUT2D eigenvalue weighted by Crippen LogP contribution is 2.26. The highest BCUT2D eigenvalue weighted by atomic mass is 32.1. The van der Waals surface area contributed by atoms with Crippen LogP contribution in [0.1, 0.15) is 11.3 Å². The minimum absolute atomic E-state index is 0.121. The van der Waals surface area contributed by atoms with Crippen molar-refractivity contribution in [1.82, 2.24) is 0 Å². The Hall–Kier alpha value is -0.640. The van der Waals surface area contributed by atoms with Crippen LogP contribution in [-0.2, 0) is 0 Å². The molecular formula is C10H13NOS. The first-order valence-electron chi connectivity index (χ1n) is 4.46. The first kappa shape index (κ1) is 8.94. The van der Waals surface area contributed by atoms with Crippen molar-refractivity contribution in [3.05, 3.63) is 33.7 Å². The SMILES string of the molecule is C[N+]1([O-])CCC=C(c2cccs2)C1. The van der Waals surface area contributed by atoms with Crippen LogP contribution in [0, 0.1) is 5.21 Å². The van der Waals surface area contributed by atoms with Crippen molar-refractivity contribution in [1.29, 1.82) is 0 Å². The first-order valence-corrected chi connectivity index (χ1v) is 5.34. The van der Waals surface area contributed by atoms with E-state index in [4.69, 9.17) is 0 Å². The molecule has 3 heteroatoms. The Morgan fingerprint density at radius 3 is 3.00 bits per heavy atom. The predicted octanol–water partition coefficient (Wildman–Crippen LogP) is 2.48. The molecule has 0 fully saturated rings. The van der Waals surface area contributed by atoms with Crippen molar-refractivity contribution in [2.45, 2.75) is 6.42 Å². The Kier molecular flexibility index (Phi) is 2.24. The molecule has 1 aromatic rings. The van der Waals surface area contributed by atoms with Gasteiger partial charge in [0.25, 0.3) is 0 Å². The summed E-state index contributed by atoms with van der Waals surface area (Å²) in [7, 11) is 1.75. The van der Waals surface area contributed by atoms with Gasteiger partial charge in [0.1, 0.15) is 6.54 Å². The van der Waals surface area contributed by atoms with E-state index < -0.39 is 0 Å². The summed E-state index contributed by atoms with van der Waals surface area (Å²) >= 11 is 1.71. The maximum absolute atomic E-state index is 11.7. The molecular weight excluding hydrogens is 182 g/mol. The molecule has 1 atom stereocenters. The van der Waals surface area contributed by atoms with Crippen LogP contribution in [0.15, 0.2) is 23.6 Å². The maximum Gasteiger partial charge on any atom is 0.105 e. The lowest BCUT2D eigenvalue weighted by Gasteiger charge is -2.41. The number of nitrogens with zero attached hydrogens (tertiary/aromatic N) is 1. The van der Waals surface area contributed by atoms with Crippen LogP contribution in [0.25, 0.3) is 5.57 Å². The molecule has 13 heavy (non-hydrogen) atoms. The molecule has 0 N–H and O–H groups in total. The Balaban J connectivity index is 2.22. The standard InChI is InChI=1S/C10H13NOS/c1-11(12)6-2-4-9(8-11)10-5-3-7-13-10/h3-5,7H,2,6,8H2,1H3. The number of hydrogen-bond acceptors (Lipinski definition) is 2. The van der Waals surface area contributed by atoms with Crippen molar-refractivity contribution in [3.63, 3.8) is 0 Å². The van der Waals surface area contributed by atoms with Gasteiger partial charge in [0.05, 0.1) is 13.6 Å². The summed E-state index contributed by atoms with van der Waals surface area (Å²) in [5.41, 5.74) is 1.22. The third kappa shape index (κ3) is 1.99. The summed E-state index contributed by atoms with van der Waals surface area (Å²) in [4.78, 5) is 1.25. The largest absolute Gasteiger partial charge is 0.633 e. The number of hydroxylamine groups is 3. The lowest BCUT2D eigenvalue weighted by Crippen LogP contribution is -2.41. The van der Waals surface area contributed by atoms with E-state index in [1.807, 2.05) is 6.07 Å². The minimum Gasteiger partial charge on any atom is -0.633 e. The molecule has 0 bridgehead atoms. The van der Waals surface area contributed by atoms with Gasteiger partial charge in [-0.1, -0.05) is 12.1 Å². The fourth-order valence-corrected chi connectivity index (χ4v) is 2.42. The van der Waals surface area contributed by atoms with E-state index in [9.17, 15) is 5.21 Å². The zero-order chi connectivity index (χ0) is 9.31. The van der Waals surface area contributed by atoms with Gasteiger partial charge >= 0.3 is 0 Å². The van der Waals surface area contributed by atoms with Crippen molar-refractivity contribution in [2.75, 3.05) is 20.1 Å². The smallest absolute Gasteiger partial charge is 0.105 e. The topological polar surface area (TPSA) is 23.1 Å². The average molecular weight is 195 g/mol. The second kappa shape index (κ2) is 3.25. The molecule has 0 saturated carbocycles. The molecule has 1 unspecified atom stereocenters. The summed E-state index contributed by atoms with van der Waals surface area (Å²) in [5.74, 6) is 0. The van der Waals surface area contributed by atoms with Gasteiger partial charge in [-0.2, -0.15) is 0 Å². The summed E-state index contributed by atoms with van der Waals surface area (Å²) in [6, 6.07) is 4.12. The van der Waals surface area contributed by atoms with Gasteiger partial charge in [-0.15, -0.1) is 11.3 Å². The van der Waals surface area contributed by atoms with Gasteiger partial charge in [0.15, 0.2) is 0 Å². The van der Waals surface area contributed by atoms with Gasteiger partial charge < -0.3 is 9.85 Å². The first-order chi connectivity index (χ1) is 6.17. The van der Waals surface area contributed by atoms with E-state index in [1.54, 1.807) is 18.4 Å². The van der Waals surface area contributed by atoms with Gasteiger partial charge in [-0.25, -0.2) is 0 Å². The molecule has 2 nitrogen and oxygen atoms in total.